The first-order chi connectivity index (χ1) is 15.0. The summed E-state index contributed by atoms with van der Waals surface area (Å²) in [6.07, 6.45) is 0.601. The highest BCUT2D eigenvalue weighted by Crippen LogP contribution is 2.27. The SMILES string of the molecule is Cc1ccc(N2CCN(c3ccc(C)cc3)C2=N[C@H](CO)Cc2ccc(O)cc2)cc1. The molecule has 0 amide bonds. The van der Waals surface area contributed by atoms with Gasteiger partial charge in [-0.05, 0) is 62.2 Å². The van der Waals surface area contributed by atoms with Gasteiger partial charge in [0.25, 0.3) is 0 Å². The molecule has 3 aromatic rings. The second-order valence-corrected chi connectivity index (χ2v) is 8.11. The van der Waals surface area contributed by atoms with E-state index in [9.17, 15) is 10.2 Å². The van der Waals surface area contributed by atoms with Gasteiger partial charge in [0, 0.05) is 24.5 Å². The third-order valence-corrected chi connectivity index (χ3v) is 5.64. The lowest BCUT2D eigenvalue weighted by atomic mass is 10.1. The Bertz CT molecular complexity index is 972. The number of aromatic hydroxyl groups is 1. The fourth-order valence-corrected chi connectivity index (χ4v) is 3.84. The van der Waals surface area contributed by atoms with Crippen molar-refractivity contribution in [3.05, 3.63) is 89.5 Å². The van der Waals surface area contributed by atoms with Crippen LogP contribution in [0.2, 0.25) is 0 Å². The molecule has 4 rings (SSSR count). The van der Waals surface area contributed by atoms with Crippen LogP contribution in [0.15, 0.2) is 77.8 Å². The van der Waals surface area contributed by atoms with Gasteiger partial charge < -0.3 is 20.0 Å². The molecule has 0 saturated carbocycles. The van der Waals surface area contributed by atoms with Crippen LogP contribution >= 0.6 is 0 Å². The van der Waals surface area contributed by atoms with E-state index in [1.807, 2.05) is 12.1 Å². The summed E-state index contributed by atoms with van der Waals surface area (Å²) >= 11 is 0. The third-order valence-electron chi connectivity index (χ3n) is 5.64. The summed E-state index contributed by atoms with van der Waals surface area (Å²) in [5.74, 6) is 1.09. The van der Waals surface area contributed by atoms with Crippen LogP contribution in [0.1, 0.15) is 16.7 Å². The number of aryl methyl sites for hydroxylation is 2. The number of hydrogen-bond donors (Lipinski definition) is 2. The van der Waals surface area contributed by atoms with E-state index >= 15 is 0 Å². The van der Waals surface area contributed by atoms with Gasteiger partial charge in [-0.25, -0.2) is 4.99 Å². The summed E-state index contributed by atoms with van der Waals surface area (Å²) in [5.41, 5.74) is 5.67. The van der Waals surface area contributed by atoms with Gasteiger partial charge in [-0.15, -0.1) is 0 Å². The summed E-state index contributed by atoms with van der Waals surface area (Å²) in [5, 5.41) is 19.6. The standard InChI is InChI=1S/C26H29N3O2/c1-19-3-9-23(10-4-19)28-15-16-29(24-11-5-20(2)6-12-24)26(28)27-22(18-30)17-21-7-13-25(31)14-8-21/h3-14,22,30-31H,15-18H2,1-2H3/t22-/m0/s1. The maximum absolute atomic E-state index is 10.1. The van der Waals surface area contributed by atoms with Gasteiger partial charge in [-0.3, -0.25) is 0 Å². The largest absolute Gasteiger partial charge is 0.508 e. The molecule has 0 radical (unpaired) electrons. The normalized spacial score (nSPS) is 14.7. The summed E-state index contributed by atoms with van der Waals surface area (Å²) in [6, 6.07) is 23.8. The summed E-state index contributed by atoms with van der Waals surface area (Å²) in [7, 11) is 0. The lowest BCUT2D eigenvalue weighted by Crippen LogP contribution is -2.36. The number of nitrogens with zero attached hydrogens (tertiary/aromatic N) is 3. The Morgan fingerprint density at radius 3 is 1.71 bits per heavy atom. The number of aliphatic imine (C=N–C) groups is 1. The van der Waals surface area contributed by atoms with Gasteiger partial charge in [0.2, 0.25) is 5.96 Å². The van der Waals surface area contributed by atoms with Crippen LogP contribution in [-0.2, 0) is 6.42 Å². The van der Waals surface area contributed by atoms with Crippen molar-refractivity contribution in [2.45, 2.75) is 26.3 Å². The van der Waals surface area contributed by atoms with Crippen molar-refractivity contribution in [3.8, 4) is 5.75 Å². The van der Waals surface area contributed by atoms with E-state index in [0.29, 0.717) is 6.42 Å². The first-order valence-electron chi connectivity index (χ1n) is 10.7. The Morgan fingerprint density at radius 1 is 0.774 bits per heavy atom. The Balaban J connectivity index is 1.68. The minimum Gasteiger partial charge on any atom is -0.508 e. The van der Waals surface area contributed by atoms with Gasteiger partial charge in [0.05, 0.1) is 12.6 Å². The first-order valence-corrected chi connectivity index (χ1v) is 10.7. The van der Waals surface area contributed by atoms with Crippen LogP contribution in [0.3, 0.4) is 0 Å². The van der Waals surface area contributed by atoms with Gasteiger partial charge >= 0.3 is 0 Å². The molecule has 5 nitrogen and oxygen atoms in total. The van der Waals surface area contributed by atoms with Crippen molar-refractivity contribution in [1.29, 1.82) is 0 Å². The molecule has 1 aliphatic rings. The van der Waals surface area contributed by atoms with E-state index in [1.165, 1.54) is 11.1 Å². The minimum atomic E-state index is -0.279. The highest BCUT2D eigenvalue weighted by molar-refractivity contribution is 6.09. The molecule has 0 spiro atoms. The van der Waals surface area contributed by atoms with Crippen LogP contribution in [0.5, 0.6) is 5.75 Å². The van der Waals surface area contributed by atoms with Crippen molar-refractivity contribution in [1.82, 2.24) is 0 Å². The van der Waals surface area contributed by atoms with Gasteiger partial charge in [0.15, 0.2) is 0 Å². The predicted molar refractivity (Wildman–Crippen MR) is 127 cm³/mol. The van der Waals surface area contributed by atoms with Crippen LogP contribution < -0.4 is 9.80 Å². The number of aliphatic hydroxyl groups excluding tert-OH is 1. The van der Waals surface area contributed by atoms with Crippen LogP contribution in [0, 0.1) is 13.8 Å². The molecule has 1 fully saturated rings. The smallest absolute Gasteiger partial charge is 0.206 e. The van der Waals surface area contributed by atoms with Crippen LogP contribution in [0.25, 0.3) is 0 Å². The van der Waals surface area contributed by atoms with Crippen molar-refractivity contribution in [2.75, 3.05) is 29.5 Å². The summed E-state index contributed by atoms with van der Waals surface area (Å²) < 4.78 is 0. The summed E-state index contributed by atoms with van der Waals surface area (Å²) in [4.78, 5) is 9.47. The molecule has 1 saturated heterocycles. The van der Waals surface area contributed by atoms with Gasteiger partial charge in [0.1, 0.15) is 5.75 Å². The molecular weight excluding hydrogens is 386 g/mol. The number of anilines is 2. The van der Waals surface area contributed by atoms with E-state index in [4.69, 9.17) is 4.99 Å². The average Bonchev–Trinajstić information content (AvgIpc) is 3.19. The number of benzene rings is 3. The number of phenols is 1. The summed E-state index contributed by atoms with van der Waals surface area (Å²) in [6.45, 7) is 5.77. The molecular formula is C26H29N3O2. The molecule has 0 aliphatic carbocycles. The van der Waals surface area contributed by atoms with Crippen molar-refractivity contribution < 1.29 is 10.2 Å². The second-order valence-electron chi connectivity index (χ2n) is 8.11. The monoisotopic (exact) mass is 415 g/mol. The number of aliphatic hydroxyl groups is 1. The van der Waals surface area contributed by atoms with Crippen LogP contribution in [-0.4, -0.2) is 41.9 Å². The van der Waals surface area contributed by atoms with Gasteiger partial charge in [-0.2, -0.15) is 0 Å². The van der Waals surface area contributed by atoms with Crippen molar-refractivity contribution in [3.63, 3.8) is 0 Å². The highest BCUT2D eigenvalue weighted by Gasteiger charge is 2.29. The Hall–Kier alpha value is -3.31. The Morgan fingerprint density at radius 2 is 1.26 bits per heavy atom. The number of rotatable bonds is 6. The molecule has 31 heavy (non-hydrogen) atoms. The Labute approximate surface area is 183 Å². The fourth-order valence-electron chi connectivity index (χ4n) is 3.84. The van der Waals surface area contributed by atoms with Gasteiger partial charge in [-0.1, -0.05) is 47.5 Å². The zero-order valence-corrected chi connectivity index (χ0v) is 18.1. The number of guanidine groups is 1. The predicted octanol–water partition coefficient (Wildman–Crippen LogP) is 4.30. The van der Waals surface area contributed by atoms with E-state index in [2.05, 4.69) is 72.2 Å². The maximum Gasteiger partial charge on any atom is 0.206 e. The first kappa shape index (κ1) is 20.9. The lowest BCUT2D eigenvalue weighted by molar-refractivity contribution is 0.266. The van der Waals surface area contributed by atoms with Crippen molar-refractivity contribution >= 4 is 17.3 Å². The molecule has 3 aromatic carbocycles. The Kier molecular flexibility index (Phi) is 6.23. The molecule has 0 bridgehead atoms. The van der Waals surface area contributed by atoms with E-state index in [0.717, 1.165) is 36.0 Å². The minimum absolute atomic E-state index is 0.0478. The zero-order valence-electron chi connectivity index (χ0n) is 18.1. The molecule has 1 heterocycles. The molecule has 1 atom stereocenters. The number of phenolic OH excluding ortho intramolecular Hbond substituents is 1. The molecule has 1 aliphatic heterocycles. The second kappa shape index (κ2) is 9.23. The topological polar surface area (TPSA) is 59.3 Å². The van der Waals surface area contributed by atoms with E-state index in [1.54, 1.807) is 12.1 Å². The fraction of sp³-hybridized carbons (Fsp3) is 0.269. The molecule has 5 heteroatoms. The highest BCUT2D eigenvalue weighted by atomic mass is 16.3. The third kappa shape index (κ3) is 4.89. The number of hydrogen-bond acceptors (Lipinski definition) is 3. The maximum atomic E-state index is 10.1. The van der Waals surface area contributed by atoms with Crippen molar-refractivity contribution in [2.24, 2.45) is 4.99 Å². The quantitative estimate of drug-likeness (QED) is 0.630. The molecule has 0 aromatic heterocycles. The zero-order chi connectivity index (χ0) is 21.8. The molecule has 2 N–H and O–H groups in total. The molecule has 160 valence electrons. The van der Waals surface area contributed by atoms with Crippen LogP contribution in [0.4, 0.5) is 11.4 Å². The lowest BCUT2D eigenvalue weighted by Gasteiger charge is -2.25. The molecule has 0 unspecified atom stereocenters. The van der Waals surface area contributed by atoms with E-state index < -0.39 is 0 Å². The van der Waals surface area contributed by atoms with E-state index in [-0.39, 0.29) is 18.4 Å². The average molecular weight is 416 g/mol.